The fraction of sp³-hybridized carbons (Fsp3) is 0.887. The number of benzene rings is 1. The number of phenolic OH excluding ortho intramolecular Hbond substituents is 2. The Bertz CT molecular complexity index is 1060. The van der Waals surface area contributed by atoms with Gasteiger partial charge in [0.15, 0.2) is 0 Å². The van der Waals surface area contributed by atoms with Crippen LogP contribution in [-0.2, 0) is 6.42 Å². The molecule has 55 heavy (non-hydrogen) atoms. The Balaban J connectivity index is 2.01. The average molecular weight is 769 g/mol. The zero-order valence-corrected chi connectivity index (χ0v) is 39.6. The van der Waals surface area contributed by atoms with E-state index in [0.29, 0.717) is 17.4 Å². The smallest absolute Gasteiger partial charge is 0.122 e. The third kappa shape index (κ3) is 26.4. The molecule has 1 aromatic carbocycles. The summed E-state index contributed by atoms with van der Waals surface area (Å²) in [6.07, 6.45) is 35.7. The minimum atomic E-state index is 0.306. The first kappa shape index (κ1) is 51.8. The highest BCUT2D eigenvalue weighted by Gasteiger charge is 2.14. The molecule has 2 heteroatoms. The van der Waals surface area contributed by atoms with Crippen molar-refractivity contribution < 1.29 is 10.2 Å². The summed E-state index contributed by atoms with van der Waals surface area (Å²) in [6.45, 7) is 28.3. The molecule has 0 spiro atoms. The van der Waals surface area contributed by atoms with Gasteiger partial charge in [-0.05, 0) is 103 Å². The van der Waals surface area contributed by atoms with Gasteiger partial charge in [-0.3, -0.25) is 0 Å². The summed E-state index contributed by atoms with van der Waals surface area (Å²) in [4.78, 5) is 0. The van der Waals surface area contributed by atoms with Gasteiger partial charge in [0.25, 0.3) is 0 Å². The van der Waals surface area contributed by atoms with E-state index in [2.05, 4.69) is 69.2 Å². The number of aryl methyl sites for hydroxylation is 1. The van der Waals surface area contributed by atoms with Crippen LogP contribution in [0.15, 0.2) is 6.07 Å². The maximum Gasteiger partial charge on any atom is 0.122 e. The second kappa shape index (κ2) is 30.8. The molecule has 0 aliphatic heterocycles. The third-order valence-electron chi connectivity index (χ3n) is 14.1. The van der Waals surface area contributed by atoms with Crippen molar-refractivity contribution in [2.75, 3.05) is 0 Å². The van der Waals surface area contributed by atoms with Gasteiger partial charge in [0, 0.05) is 0 Å². The molecule has 8 atom stereocenters. The normalized spacial score (nSPS) is 16.5. The van der Waals surface area contributed by atoms with Crippen LogP contribution in [0.3, 0.4) is 0 Å². The van der Waals surface area contributed by atoms with Crippen molar-refractivity contribution in [1.82, 2.24) is 0 Å². The molecule has 0 saturated heterocycles. The van der Waals surface area contributed by atoms with Crippen molar-refractivity contribution in [3.8, 4) is 11.5 Å². The Kier molecular flexibility index (Phi) is 29.1. The van der Waals surface area contributed by atoms with E-state index in [1.165, 1.54) is 154 Å². The molecule has 0 aromatic heterocycles. The average Bonchev–Trinajstić information content (AvgIpc) is 3.11. The van der Waals surface area contributed by atoms with Crippen molar-refractivity contribution in [3.05, 3.63) is 22.8 Å². The van der Waals surface area contributed by atoms with E-state index in [-0.39, 0.29) is 0 Å². The van der Waals surface area contributed by atoms with Crippen molar-refractivity contribution in [2.45, 2.75) is 250 Å². The fourth-order valence-electron chi connectivity index (χ4n) is 9.28. The summed E-state index contributed by atoms with van der Waals surface area (Å²) in [5, 5.41) is 20.7. The van der Waals surface area contributed by atoms with E-state index in [0.717, 1.165) is 76.9 Å². The molecule has 1 rings (SSSR count). The summed E-state index contributed by atoms with van der Waals surface area (Å²) in [6, 6.07) is 1.76. The Morgan fingerprint density at radius 2 is 0.582 bits per heavy atom. The van der Waals surface area contributed by atoms with Gasteiger partial charge in [0.05, 0.1) is 0 Å². The van der Waals surface area contributed by atoms with E-state index in [1.807, 2.05) is 13.8 Å². The lowest BCUT2D eigenvalue weighted by Gasteiger charge is -2.18. The van der Waals surface area contributed by atoms with Gasteiger partial charge in [-0.15, -0.1) is 0 Å². The molecule has 1 aromatic rings. The van der Waals surface area contributed by atoms with Crippen molar-refractivity contribution in [3.63, 3.8) is 0 Å². The van der Waals surface area contributed by atoms with Gasteiger partial charge >= 0.3 is 0 Å². The predicted octanol–water partition coefficient (Wildman–Crippen LogP) is 17.8. The highest BCUT2D eigenvalue weighted by Crippen LogP contribution is 2.34. The minimum absolute atomic E-state index is 0.306. The summed E-state index contributed by atoms with van der Waals surface area (Å²) < 4.78 is 0. The van der Waals surface area contributed by atoms with Gasteiger partial charge in [-0.1, -0.05) is 223 Å². The van der Waals surface area contributed by atoms with Crippen LogP contribution in [0.25, 0.3) is 0 Å². The van der Waals surface area contributed by atoms with Gasteiger partial charge in [-0.2, -0.15) is 0 Å². The predicted molar refractivity (Wildman–Crippen MR) is 247 cm³/mol. The molecule has 2 N–H and O–H groups in total. The number of hydrogen-bond donors (Lipinski definition) is 2. The van der Waals surface area contributed by atoms with Gasteiger partial charge < -0.3 is 10.2 Å². The molecule has 0 bridgehead atoms. The van der Waals surface area contributed by atoms with E-state index < -0.39 is 0 Å². The monoisotopic (exact) mass is 769 g/mol. The van der Waals surface area contributed by atoms with Gasteiger partial charge in [0.2, 0.25) is 0 Å². The summed E-state index contributed by atoms with van der Waals surface area (Å²) in [7, 11) is 0. The second-order valence-corrected chi connectivity index (χ2v) is 20.9. The molecule has 0 fully saturated rings. The van der Waals surface area contributed by atoms with E-state index in [9.17, 15) is 10.2 Å². The molecule has 0 aliphatic rings. The standard InChI is InChI=1S/C53H100O2/c1-40(2)21-13-22-41(3)23-14-24-42(4)25-15-26-43(5)27-16-28-44(6)29-17-30-45(7)31-18-32-46(8)33-19-34-47(9)35-20-36-48(10)37-38-51-39-52(54)49(11)50(12)53(51)55/h39-48,54-55H,13-38H2,1-12H3/t41-,42-,43-,44+,45+,46-,47+,48-/m1/s1. The largest absolute Gasteiger partial charge is 0.508 e. The van der Waals surface area contributed by atoms with Crippen molar-refractivity contribution in [1.29, 1.82) is 0 Å². The zero-order chi connectivity index (χ0) is 41.2. The Morgan fingerprint density at radius 1 is 0.345 bits per heavy atom. The summed E-state index contributed by atoms with van der Waals surface area (Å²) >= 11 is 0. The first-order chi connectivity index (χ1) is 26.1. The molecule has 0 heterocycles. The number of hydrogen-bond acceptors (Lipinski definition) is 2. The molecule has 0 amide bonds. The summed E-state index contributed by atoms with van der Waals surface area (Å²) in [5.74, 6) is 8.42. The number of phenols is 2. The molecular weight excluding hydrogens is 669 g/mol. The van der Waals surface area contributed by atoms with E-state index in [1.54, 1.807) is 6.07 Å². The fourth-order valence-corrected chi connectivity index (χ4v) is 9.28. The lowest BCUT2D eigenvalue weighted by Crippen LogP contribution is -2.03. The van der Waals surface area contributed by atoms with Crippen LogP contribution in [0.5, 0.6) is 11.5 Å². The topological polar surface area (TPSA) is 40.5 Å². The van der Waals surface area contributed by atoms with E-state index >= 15 is 0 Å². The maximum absolute atomic E-state index is 10.5. The molecule has 0 aliphatic carbocycles. The minimum Gasteiger partial charge on any atom is -0.508 e. The van der Waals surface area contributed by atoms with Crippen LogP contribution in [0.2, 0.25) is 0 Å². The zero-order valence-electron chi connectivity index (χ0n) is 39.6. The van der Waals surface area contributed by atoms with Crippen molar-refractivity contribution >= 4 is 0 Å². The second-order valence-electron chi connectivity index (χ2n) is 20.9. The maximum atomic E-state index is 10.5. The highest BCUT2D eigenvalue weighted by atomic mass is 16.3. The Morgan fingerprint density at radius 3 is 0.836 bits per heavy atom. The van der Waals surface area contributed by atoms with Crippen molar-refractivity contribution in [2.24, 2.45) is 53.3 Å². The SMILES string of the molecule is Cc1c(O)cc(CC[C@H](C)CCC[C@@H](C)CCC[C@H](C)CCC[C@@H](C)CCC[C@@H](C)CCC[C@H](C)CCC[C@H](C)CCC[C@H](C)CCCC(C)C)c(O)c1C. The molecule has 0 unspecified atom stereocenters. The highest BCUT2D eigenvalue weighted by molar-refractivity contribution is 5.51. The third-order valence-corrected chi connectivity index (χ3v) is 14.1. The number of aromatic hydroxyl groups is 2. The molecule has 0 saturated carbocycles. The Labute approximate surface area is 346 Å². The van der Waals surface area contributed by atoms with E-state index in [4.69, 9.17) is 0 Å². The molecule has 2 nitrogen and oxygen atoms in total. The number of rotatable bonds is 35. The van der Waals surface area contributed by atoms with Crippen LogP contribution < -0.4 is 0 Å². The molecule has 0 radical (unpaired) electrons. The van der Waals surface area contributed by atoms with Crippen LogP contribution in [-0.4, -0.2) is 10.2 Å². The van der Waals surface area contributed by atoms with Crippen LogP contribution in [0.1, 0.15) is 246 Å². The quantitative estimate of drug-likeness (QED) is 0.0675. The van der Waals surface area contributed by atoms with Gasteiger partial charge in [0.1, 0.15) is 11.5 Å². The molecule has 324 valence electrons. The van der Waals surface area contributed by atoms with Gasteiger partial charge in [-0.25, -0.2) is 0 Å². The summed E-state index contributed by atoms with van der Waals surface area (Å²) in [5.41, 5.74) is 2.49. The first-order valence-electron chi connectivity index (χ1n) is 24.6. The van der Waals surface area contributed by atoms with Crippen LogP contribution >= 0.6 is 0 Å². The Hall–Kier alpha value is -1.18. The van der Waals surface area contributed by atoms with Crippen LogP contribution in [0.4, 0.5) is 0 Å². The molecular formula is C53H100O2. The lowest BCUT2D eigenvalue weighted by molar-refractivity contribution is 0.353. The lowest BCUT2D eigenvalue weighted by atomic mass is 9.88. The van der Waals surface area contributed by atoms with Crippen LogP contribution in [0, 0.1) is 67.1 Å². The first-order valence-corrected chi connectivity index (χ1v) is 24.6.